The summed E-state index contributed by atoms with van der Waals surface area (Å²) in [6.45, 7) is 3.95. The zero-order valence-corrected chi connectivity index (χ0v) is 11.8. The summed E-state index contributed by atoms with van der Waals surface area (Å²) in [5.74, 6) is 0. The van der Waals surface area contributed by atoms with Crippen molar-refractivity contribution >= 4 is 11.3 Å². The fourth-order valence-electron chi connectivity index (χ4n) is 2.73. The van der Waals surface area contributed by atoms with Crippen molar-refractivity contribution in [3.63, 3.8) is 0 Å². The molecule has 0 fully saturated rings. The smallest absolute Gasteiger partial charge is 0.124 e. The van der Waals surface area contributed by atoms with Gasteiger partial charge in [0.1, 0.15) is 6.04 Å². The molecule has 2 heterocycles. The van der Waals surface area contributed by atoms with Gasteiger partial charge < -0.3 is 0 Å². The first-order chi connectivity index (χ1) is 9.29. The Labute approximate surface area is 117 Å². The number of benzene rings is 1. The Morgan fingerprint density at radius 2 is 2.16 bits per heavy atom. The van der Waals surface area contributed by atoms with E-state index in [9.17, 15) is 5.26 Å². The number of hydrogen-bond acceptors (Lipinski definition) is 3. The molecule has 0 saturated heterocycles. The maximum Gasteiger partial charge on any atom is 0.124 e. The number of fused-ring (bicyclic) bond motifs is 1. The molecule has 1 aliphatic heterocycles. The Bertz CT molecular complexity index is 624. The third-order valence-corrected chi connectivity index (χ3v) is 4.83. The molecule has 2 nitrogen and oxygen atoms in total. The van der Waals surface area contributed by atoms with Crippen LogP contribution in [0.25, 0.3) is 0 Å². The van der Waals surface area contributed by atoms with Gasteiger partial charge in [0.2, 0.25) is 0 Å². The summed E-state index contributed by atoms with van der Waals surface area (Å²) in [5.41, 5.74) is 3.74. The van der Waals surface area contributed by atoms with Gasteiger partial charge in [-0.15, -0.1) is 11.3 Å². The Balaban J connectivity index is 1.89. The van der Waals surface area contributed by atoms with E-state index in [0.717, 1.165) is 25.1 Å². The average molecular weight is 268 g/mol. The molecular weight excluding hydrogens is 252 g/mol. The van der Waals surface area contributed by atoms with Crippen LogP contribution >= 0.6 is 11.3 Å². The van der Waals surface area contributed by atoms with Crippen molar-refractivity contribution in [2.24, 2.45) is 0 Å². The van der Waals surface area contributed by atoms with E-state index in [1.807, 2.05) is 23.5 Å². The standard InChI is InChI=1S/C16H16N2S/c1-12-4-2-3-5-14(12)15(10-17)18-8-6-16-13(11-18)7-9-19-16/h2-5,7,9,15H,6,8,11H2,1H3/t15-/m1/s1. The molecule has 1 aromatic heterocycles. The van der Waals surface area contributed by atoms with Gasteiger partial charge in [0, 0.05) is 18.0 Å². The number of rotatable bonds is 2. The van der Waals surface area contributed by atoms with Crippen LogP contribution in [-0.4, -0.2) is 11.4 Å². The molecule has 0 aliphatic carbocycles. The number of aryl methyl sites for hydroxylation is 1. The minimum absolute atomic E-state index is 0.130. The molecule has 1 aromatic carbocycles. The van der Waals surface area contributed by atoms with Crippen LogP contribution in [0.5, 0.6) is 0 Å². The van der Waals surface area contributed by atoms with E-state index >= 15 is 0 Å². The molecule has 0 saturated carbocycles. The minimum atomic E-state index is -0.130. The van der Waals surface area contributed by atoms with Crippen molar-refractivity contribution in [3.05, 3.63) is 57.3 Å². The minimum Gasteiger partial charge on any atom is -0.280 e. The molecular formula is C16H16N2S. The molecule has 3 rings (SSSR count). The van der Waals surface area contributed by atoms with Crippen molar-refractivity contribution in [2.45, 2.75) is 25.9 Å². The Morgan fingerprint density at radius 1 is 1.32 bits per heavy atom. The summed E-state index contributed by atoms with van der Waals surface area (Å²) in [7, 11) is 0. The van der Waals surface area contributed by atoms with Gasteiger partial charge in [0.05, 0.1) is 6.07 Å². The normalized spacial score (nSPS) is 16.6. The first-order valence-corrected chi connectivity index (χ1v) is 7.42. The fraction of sp³-hybridized carbons (Fsp3) is 0.312. The zero-order valence-electron chi connectivity index (χ0n) is 11.0. The number of thiophene rings is 1. The summed E-state index contributed by atoms with van der Waals surface area (Å²) < 4.78 is 0. The summed E-state index contributed by atoms with van der Waals surface area (Å²) in [6.07, 6.45) is 1.07. The molecule has 96 valence electrons. The lowest BCUT2D eigenvalue weighted by molar-refractivity contribution is 0.218. The van der Waals surface area contributed by atoms with E-state index in [0.29, 0.717) is 0 Å². The molecule has 1 aliphatic rings. The van der Waals surface area contributed by atoms with E-state index in [1.165, 1.54) is 16.0 Å². The third-order valence-electron chi connectivity index (χ3n) is 3.81. The van der Waals surface area contributed by atoms with Gasteiger partial charge in [-0.05, 0) is 41.5 Å². The van der Waals surface area contributed by atoms with Crippen LogP contribution in [0.15, 0.2) is 35.7 Å². The second kappa shape index (κ2) is 5.16. The number of nitrogens with zero attached hydrogens (tertiary/aromatic N) is 2. The maximum absolute atomic E-state index is 9.57. The predicted octanol–water partition coefficient (Wildman–Crippen LogP) is 3.68. The quantitative estimate of drug-likeness (QED) is 0.830. The summed E-state index contributed by atoms with van der Waals surface area (Å²) in [6, 6.07) is 12.8. The van der Waals surface area contributed by atoms with E-state index in [1.54, 1.807) is 0 Å². The molecule has 1 atom stereocenters. The summed E-state index contributed by atoms with van der Waals surface area (Å²) in [4.78, 5) is 3.77. The van der Waals surface area contributed by atoms with Crippen LogP contribution in [0.3, 0.4) is 0 Å². The molecule has 0 N–H and O–H groups in total. The molecule has 0 bridgehead atoms. The molecule has 0 spiro atoms. The predicted molar refractivity (Wildman–Crippen MR) is 78.0 cm³/mol. The third kappa shape index (κ3) is 2.30. The van der Waals surface area contributed by atoms with Gasteiger partial charge in [-0.1, -0.05) is 24.3 Å². The Kier molecular flexibility index (Phi) is 3.37. The largest absolute Gasteiger partial charge is 0.280 e. The molecule has 0 unspecified atom stereocenters. The molecule has 19 heavy (non-hydrogen) atoms. The van der Waals surface area contributed by atoms with Gasteiger partial charge in [-0.25, -0.2) is 0 Å². The number of nitriles is 1. The van der Waals surface area contributed by atoms with Crippen molar-refractivity contribution in [1.29, 1.82) is 5.26 Å². The average Bonchev–Trinajstić information content (AvgIpc) is 2.89. The second-order valence-corrected chi connectivity index (χ2v) is 5.98. The first kappa shape index (κ1) is 12.4. The van der Waals surface area contributed by atoms with Gasteiger partial charge >= 0.3 is 0 Å². The second-order valence-electron chi connectivity index (χ2n) is 4.98. The lowest BCUT2D eigenvalue weighted by Gasteiger charge is -2.31. The van der Waals surface area contributed by atoms with E-state index in [-0.39, 0.29) is 6.04 Å². The Morgan fingerprint density at radius 3 is 2.95 bits per heavy atom. The molecule has 2 aromatic rings. The van der Waals surface area contributed by atoms with Crippen LogP contribution < -0.4 is 0 Å². The summed E-state index contributed by atoms with van der Waals surface area (Å²) >= 11 is 1.84. The molecule has 0 amide bonds. The number of hydrogen-bond donors (Lipinski definition) is 0. The van der Waals surface area contributed by atoms with Crippen LogP contribution in [0.4, 0.5) is 0 Å². The van der Waals surface area contributed by atoms with Gasteiger partial charge in [-0.3, -0.25) is 4.90 Å². The van der Waals surface area contributed by atoms with E-state index < -0.39 is 0 Å². The Hall–Kier alpha value is -1.63. The maximum atomic E-state index is 9.57. The van der Waals surface area contributed by atoms with Crippen LogP contribution in [0.1, 0.15) is 27.6 Å². The van der Waals surface area contributed by atoms with E-state index in [4.69, 9.17) is 0 Å². The van der Waals surface area contributed by atoms with Crippen molar-refractivity contribution in [3.8, 4) is 6.07 Å². The SMILES string of the molecule is Cc1ccccc1[C@@H](C#N)N1CCc2sccc2C1. The monoisotopic (exact) mass is 268 g/mol. The van der Waals surface area contributed by atoms with Crippen molar-refractivity contribution in [1.82, 2.24) is 4.90 Å². The highest BCUT2D eigenvalue weighted by atomic mass is 32.1. The highest BCUT2D eigenvalue weighted by molar-refractivity contribution is 7.10. The van der Waals surface area contributed by atoms with Crippen molar-refractivity contribution < 1.29 is 0 Å². The fourth-order valence-corrected chi connectivity index (χ4v) is 3.62. The highest BCUT2D eigenvalue weighted by Crippen LogP contribution is 2.31. The first-order valence-electron chi connectivity index (χ1n) is 6.54. The van der Waals surface area contributed by atoms with Crippen LogP contribution in [-0.2, 0) is 13.0 Å². The topological polar surface area (TPSA) is 27.0 Å². The van der Waals surface area contributed by atoms with Crippen LogP contribution in [0.2, 0.25) is 0 Å². The van der Waals surface area contributed by atoms with Gasteiger partial charge in [0.25, 0.3) is 0 Å². The highest BCUT2D eigenvalue weighted by Gasteiger charge is 2.25. The van der Waals surface area contributed by atoms with Gasteiger partial charge in [-0.2, -0.15) is 5.26 Å². The molecule has 0 radical (unpaired) electrons. The lowest BCUT2D eigenvalue weighted by Crippen LogP contribution is -2.33. The lowest BCUT2D eigenvalue weighted by atomic mass is 9.98. The van der Waals surface area contributed by atoms with E-state index in [2.05, 4.69) is 41.5 Å². The molecule has 3 heteroatoms. The van der Waals surface area contributed by atoms with Crippen LogP contribution in [0, 0.1) is 18.3 Å². The van der Waals surface area contributed by atoms with Crippen molar-refractivity contribution in [2.75, 3.05) is 6.54 Å². The summed E-state index contributed by atoms with van der Waals surface area (Å²) in [5, 5.41) is 11.7. The van der Waals surface area contributed by atoms with Gasteiger partial charge in [0.15, 0.2) is 0 Å². The zero-order chi connectivity index (χ0) is 13.2.